The number of amides is 1. The summed E-state index contributed by atoms with van der Waals surface area (Å²) in [7, 11) is 1.65. The smallest absolute Gasteiger partial charge is 0.259 e. The monoisotopic (exact) mass is 339 g/mol. The van der Waals surface area contributed by atoms with Crippen molar-refractivity contribution in [3.63, 3.8) is 0 Å². The average Bonchev–Trinajstić information content (AvgIpc) is 2.98. The average molecular weight is 339 g/mol. The molecule has 3 aromatic carbocycles. The van der Waals surface area contributed by atoms with Crippen LogP contribution in [-0.2, 0) is 6.54 Å². The number of ether oxygens (including phenoxy) is 1. The number of methoxy groups -OCH3 is 1. The van der Waals surface area contributed by atoms with Crippen molar-refractivity contribution in [1.82, 2.24) is 4.90 Å². The van der Waals surface area contributed by atoms with Gasteiger partial charge in [-0.25, -0.2) is 0 Å². The van der Waals surface area contributed by atoms with E-state index in [4.69, 9.17) is 4.74 Å². The van der Waals surface area contributed by atoms with Gasteiger partial charge in [0, 0.05) is 16.7 Å². The molecule has 5 rings (SSSR count). The molecule has 3 aromatic rings. The molecule has 26 heavy (non-hydrogen) atoms. The fraction of sp³-hybridized carbons (Fsp3) is 0.0870. The highest BCUT2D eigenvalue weighted by molar-refractivity contribution is 6.16. The van der Waals surface area contributed by atoms with Crippen LogP contribution in [0.3, 0.4) is 0 Å². The van der Waals surface area contributed by atoms with Gasteiger partial charge in [-0.3, -0.25) is 4.79 Å². The van der Waals surface area contributed by atoms with E-state index in [1.54, 1.807) is 7.11 Å². The van der Waals surface area contributed by atoms with E-state index in [-0.39, 0.29) is 5.91 Å². The van der Waals surface area contributed by atoms with E-state index in [9.17, 15) is 4.79 Å². The van der Waals surface area contributed by atoms with Crippen LogP contribution in [0.2, 0.25) is 0 Å². The van der Waals surface area contributed by atoms with Crippen molar-refractivity contribution in [3.8, 4) is 5.75 Å². The summed E-state index contributed by atoms with van der Waals surface area (Å²) in [6.45, 7) is 0.595. The van der Waals surface area contributed by atoms with E-state index in [1.165, 1.54) is 11.1 Å². The van der Waals surface area contributed by atoms with Crippen molar-refractivity contribution in [2.75, 3.05) is 7.11 Å². The first-order valence-electron chi connectivity index (χ1n) is 8.66. The van der Waals surface area contributed by atoms with Crippen LogP contribution in [0.5, 0.6) is 5.75 Å². The summed E-state index contributed by atoms with van der Waals surface area (Å²) in [5.41, 5.74) is 7.24. The SMILES string of the molecule is COc1ccc2c(c1)C1=C(c3ccccc3)c3ccccc3CN1C2=O. The lowest BCUT2D eigenvalue weighted by atomic mass is 9.87. The zero-order valence-corrected chi connectivity index (χ0v) is 14.4. The minimum atomic E-state index is 0.0561. The third-order valence-corrected chi connectivity index (χ3v) is 5.14. The number of hydrogen-bond donors (Lipinski definition) is 0. The van der Waals surface area contributed by atoms with Gasteiger partial charge in [0.1, 0.15) is 5.75 Å². The van der Waals surface area contributed by atoms with Crippen LogP contribution in [-0.4, -0.2) is 17.9 Å². The second kappa shape index (κ2) is 5.60. The van der Waals surface area contributed by atoms with E-state index in [2.05, 4.69) is 30.3 Å². The van der Waals surface area contributed by atoms with Crippen LogP contribution in [0.1, 0.15) is 32.6 Å². The van der Waals surface area contributed by atoms with Crippen molar-refractivity contribution in [2.24, 2.45) is 0 Å². The lowest BCUT2D eigenvalue weighted by molar-refractivity contribution is 0.0842. The molecule has 2 heterocycles. The second-order valence-corrected chi connectivity index (χ2v) is 6.55. The normalized spacial score (nSPS) is 14.8. The molecule has 0 aromatic heterocycles. The van der Waals surface area contributed by atoms with E-state index in [1.807, 2.05) is 47.4 Å². The van der Waals surface area contributed by atoms with Gasteiger partial charge in [0.15, 0.2) is 0 Å². The highest BCUT2D eigenvalue weighted by Crippen LogP contribution is 2.46. The number of nitrogens with zero attached hydrogens (tertiary/aromatic N) is 1. The number of rotatable bonds is 2. The molecule has 126 valence electrons. The first kappa shape index (κ1) is 15.0. The second-order valence-electron chi connectivity index (χ2n) is 6.55. The fourth-order valence-electron chi connectivity index (χ4n) is 3.94. The Morgan fingerprint density at radius 1 is 0.846 bits per heavy atom. The van der Waals surface area contributed by atoms with Crippen LogP contribution in [0.4, 0.5) is 0 Å². The Morgan fingerprint density at radius 3 is 2.42 bits per heavy atom. The highest BCUT2D eigenvalue weighted by atomic mass is 16.5. The Morgan fingerprint density at radius 2 is 1.62 bits per heavy atom. The van der Waals surface area contributed by atoms with Crippen LogP contribution in [0.15, 0.2) is 72.8 Å². The molecule has 0 unspecified atom stereocenters. The van der Waals surface area contributed by atoms with Crippen LogP contribution in [0, 0.1) is 0 Å². The summed E-state index contributed by atoms with van der Waals surface area (Å²) in [6.07, 6.45) is 0. The summed E-state index contributed by atoms with van der Waals surface area (Å²) in [5.74, 6) is 0.817. The van der Waals surface area contributed by atoms with E-state index in [0.717, 1.165) is 33.7 Å². The molecule has 0 spiro atoms. The van der Waals surface area contributed by atoms with Crippen LogP contribution < -0.4 is 4.74 Å². The molecule has 0 N–H and O–H groups in total. The Bertz CT molecular complexity index is 1070. The summed E-state index contributed by atoms with van der Waals surface area (Å²) in [4.78, 5) is 15.0. The van der Waals surface area contributed by atoms with Gasteiger partial charge in [0.05, 0.1) is 19.4 Å². The zero-order chi connectivity index (χ0) is 17.7. The molecule has 3 nitrogen and oxygen atoms in total. The number of fused-ring (bicyclic) bond motifs is 4. The maximum absolute atomic E-state index is 13.1. The topological polar surface area (TPSA) is 29.5 Å². The molecule has 0 saturated carbocycles. The lowest BCUT2D eigenvalue weighted by Crippen LogP contribution is -2.27. The Kier molecular flexibility index (Phi) is 3.22. The Balaban J connectivity index is 1.88. The molecule has 0 fully saturated rings. The minimum absolute atomic E-state index is 0.0561. The summed E-state index contributed by atoms with van der Waals surface area (Å²) in [5, 5.41) is 0. The van der Waals surface area contributed by atoms with E-state index in [0.29, 0.717) is 6.54 Å². The number of hydrogen-bond acceptors (Lipinski definition) is 2. The molecule has 2 aliphatic rings. The molecule has 0 aliphatic carbocycles. The zero-order valence-electron chi connectivity index (χ0n) is 14.4. The molecule has 3 heteroatoms. The van der Waals surface area contributed by atoms with Gasteiger partial charge in [-0.15, -0.1) is 0 Å². The Hall–Kier alpha value is -3.33. The maximum Gasteiger partial charge on any atom is 0.259 e. The first-order chi connectivity index (χ1) is 12.8. The number of carbonyl (C=O) groups is 1. The quantitative estimate of drug-likeness (QED) is 0.684. The number of benzene rings is 3. The van der Waals surface area contributed by atoms with Crippen molar-refractivity contribution >= 4 is 17.2 Å². The van der Waals surface area contributed by atoms with Gasteiger partial charge in [0.2, 0.25) is 0 Å². The molecule has 1 amide bonds. The highest BCUT2D eigenvalue weighted by Gasteiger charge is 2.38. The van der Waals surface area contributed by atoms with Gasteiger partial charge < -0.3 is 9.64 Å². The van der Waals surface area contributed by atoms with E-state index < -0.39 is 0 Å². The van der Waals surface area contributed by atoms with E-state index >= 15 is 0 Å². The predicted octanol–water partition coefficient (Wildman–Crippen LogP) is 4.58. The molecule has 0 bridgehead atoms. The maximum atomic E-state index is 13.1. The third-order valence-electron chi connectivity index (χ3n) is 5.14. The summed E-state index contributed by atoms with van der Waals surface area (Å²) in [6, 6.07) is 24.3. The molecule has 0 atom stereocenters. The van der Waals surface area contributed by atoms with Gasteiger partial charge >= 0.3 is 0 Å². The molecular weight excluding hydrogens is 322 g/mol. The largest absolute Gasteiger partial charge is 0.497 e. The fourth-order valence-corrected chi connectivity index (χ4v) is 3.94. The molecule has 0 saturated heterocycles. The van der Waals surface area contributed by atoms with Crippen LogP contribution >= 0.6 is 0 Å². The molecule has 2 aliphatic heterocycles. The first-order valence-corrected chi connectivity index (χ1v) is 8.66. The predicted molar refractivity (Wildman–Crippen MR) is 102 cm³/mol. The summed E-state index contributed by atoms with van der Waals surface area (Å²) >= 11 is 0. The Labute approximate surface area is 152 Å². The van der Waals surface area contributed by atoms with Gasteiger partial charge in [0.25, 0.3) is 5.91 Å². The van der Waals surface area contributed by atoms with Gasteiger partial charge in [-0.2, -0.15) is 0 Å². The van der Waals surface area contributed by atoms with Crippen LogP contribution in [0.25, 0.3) is 11.3 Å². The van der Waals surface area contributed by atoms with Crippen molar-refractivity contribution in [1.29, 1.82) is 0 Å². The molecular formula is C23H17NO2. The van der Waals surface area contributed by atoms with Crippen molar-refractivity contribution in [3.05, 3.63) is 101 Å². The van der Waals surface area contributed by atoms with Gasteiger partial charge in [-0.1, -0.05) is 54.6 Å². The van der Waals surface area contributed by atoms with Gasteiger partial charge in [-0.05, 0) is 34.9 Å². The third kappa shape index (κ3) is 2.04. The van der Waals surface area contributed by atoms with Crippen molar-refractivity contribution in [2.45, 2.75) is 6.54 Å². The van der Waals surface area contributed by atoms with Crippen molar-refractivity contribution < 1.29 is 9.53 Å². The standard InChI is InChI=1S/C23H17NO2/c1-26-17-11-12-19-20(13-17)22-21(15-7-3-2-4-8-15)18-10-6-5-9-16(18)14-24(22)23(19)25/h2-13H,14H2,1H3. The minimum Gasteiger partial charge on any atom is -0.497 e. The number of carbonyl (C=O) groups excluding carboxylic acids is 1. The lowest BCUT2D eigenvalue weighted by Gasteiger charge is -2.29. The molecule has 0 radical (unpaired) electrons. The summed E-state index contributed by atoms with van der Waals surface area (Å²) < 4.78 is 5.41.